The number of hydrogen-bond acceptors (Lipinski definition) is 2. The molecule has 0 aliphatic rings. The zero-order valence-corrected chi connectivity index (χ0v) is 13.1. The molecule has 2 N–H and O–H groups in total. The van der Waals surface area contributed by atoms with E-state index in [1.165, 1.54) is 5.56 Å². The summed E-state index contributed by atoms with van der Waals surface area (Å²) in [7, 11) is 0. The van der Waals surface area contributed by atoms with Gasteiger partial charge >= 0.3 is 0 Å². The minimum Gasteiger partial charge on any atom is -0.508 e. The lowest BCUT2D eigenvalue weighted by molar-refractivity contribution is 0.473. The molecule has 0 radical (unpaired) electrons. The molecular weight excluding hydrogens is 284 g/mol. The van der Waals surface area contributed by atoms with E-state index < -0.39 is 0 Å². The molecule has 0 fully saturated rings. The Labute approximate surface area is 136 Å². The van der Waals surface area contributed by atoms with Crippen molar-refractivity contribution in [3.8, 4) is 11.5 Å². The first kappa shape index (κ1) is 15.2. The van der Waals surface area contributed by atoms with Gasteiger partial charge in [-0.05, 0) is 47.4 Å². The van der Waals surface area contributed by atoms with Crippen LogP contribution in [0.25, 0.3) is 0 Å². The lowest BCUT2D eigenvalue weighted by atomic mass is 9.72. The van der Waals surface area contributed by atoms with E-state index in [9.17, 15) is 10.2 Å². The molecule has 0 aromatic heterocycles. The molecule has 3 aromatic rings. The van der Waals surface area contributed by atoms with Crippen LogP contribution >= 0.6 is 0 Å². The minimum absolute atomic E-state index is 0.247. The molecule has 0 heterocycles. The van der Waals surface area contributed by atoms with E-state index in [2.05, 4.69) is 19.1 Å². The summed E-state index contributed by atoms with van der Waals surface area (Å²) in [6.45, 7) is 2.19. The average Bonchev–Trinajstić information content (AvgIpc) is 2.57. The molecule has 0 aliphatic heterocycles. The molecule has 2 heteroatoms. The number of hydrogen-bond donors (Lipinski definition) is 2. The first-order chi connectivity index (χ1) is 11.1. The van der Waals surface area contributed by atoms with Crippen molar-refractivity contribution < 1.29 is 10.2 Å². The minimum atomic E-state index is -0.247. The van der Waals surface area contributed by atoms with Crippen LogP contribution in [0.5, 0.6) is 11.5 Å². The van der Waals surface area contributed by atoms with Crippen LogP contribution in [0.2, 0.25) is 0 Å². The standard InChI is InChI=1S/C21H20O2/c1-21(15-16-5-3-2-4-6-16,17-7-11-19(22)12-8-17)18-9-13-20(23)14-10-18/h2-14,22-23H,15H2,1H3. The van der Waals surface area contributed by atoms with Gasteiger partial charge in [0.25, 0.3) is 0 Å². The van der Waals surface area contributed by atoms with E-state index in [0.717, 1.165) is 17.5 Å². The van der Waals surface area contributed by atoms with Gasteiger partial charge in [0.1, 0.15) is 11.5 Å². The monoisotopic (exact) mass is 304 g/mol. The van der Waals surface area contributed by atoms with Crippen LogP contribution in [0.3, 0.4) is 0 Å². The smallest absolute Gasteiger partial charge is 0.115 e. The maximum Gasteiger partial charge on any atom is 0.115 e. The fraction of sp³-hybridized carbons (Fsp3) is 0.143. The molecule has 0 amide bonds. The van der Waals surface area contributed by atoms with Gasteiger partial charge in [0.15, 0.2) is 0 Å². The molecule has 0 bridgehead atoms. The molecular formula is C21H20O2. The quantitative estimate of drug-likeness (QED) is 0.737. The summed E-state index contributed by atoms with van der Waals surface area (Å²) in [5, 5.41) is 19.2. The lowest BCUT2D eigenvalue weighted by Gasteiger charge is -2.31. The molecule has 23 heavy (non-hydrogen) atoms. The highest BCUT2D eigenvalue weighted by atomic mass is 16.3. The van der Waals surface area contributed by atoms with E-state index in [1.807, 2.05) is 42.5 Å². The zero-order chi connectivity index (χ0) is 16.3. The number of phenolic OH excluding ortho intramolecular Hbond substituents is 2. The predicted molar refractivity (Wildman–Crippen MR) is 92.8 cm³/mol. The molecule has 0 saturated carbocycles. The number of rotatable bonds is 4. The van der Waals surface area contributed by atoms with Gasteiger partial charge in [-0.1, -0.05) is 61.5 Å². The van der Waals surface area contributed by atoms with Crippen LogP contribution in [0.15, 0.2) is 78.9 Å². The fourth-order valence-corrected chi connectivity index (χ4v) is 3.03. The lowest BCUT2D eigenvalue weighted by Crippen LogP contribution is -2.26. The summed E-state index contributed by atoms with van der Waals surface area (Å²) in [5.74, 6) is 0.531. The number of benzene rings is 3. The van der Waals surface area contributed by atoms with Crippen molar-refractivity contribution in [3.05, 3.63) is 95.6 Å². The fourth-order valence-electron chi connectivity index (χ4n) is 3.03. The average molecular weight is 304 g/mol. The summed E-state index contributed by atoms with van der Waals surface area (Å²) in [6.07, 6.45) is 0.837. The molecule has 0 unspecified atom stereocenters. The summed E-state index contributed by atoms with van der Waals surface area (Å²) in [4.78, 5) is 0. The van der Waals surface area contributed by atoms with Gasteiger partial charge in [0, 0.05) is 5.41 Å². The molecule has 2 nitrogen and oxygen atoms in total. The highest BCUT2D eigenvalue weighted by Gasteiger charge is 2.29. The molecule has 116 valence electrons. The van der Waals surface area contributed by atoms with Crippen LogP contribution in [0.4, 0.5) is 0 Å². The van der Waals surface area contributed by atoms with Gasteiger partial charge < -0.3 is 10.2 Å². The second-order valence-electron chi connectivity index (χ2n) is 6.09. The number of aromatic hydroxyl groups is 2. The van der Waals surface area contributed by atoms with Gasteiger partial charge in [-0.15, -0.1) is 0 Å². The third-order valence-electron chi connectivity index (χ3n) is 4.41. The van der Waals surface area contributed by atoms with Crippen LogP contribution in [0.1, 0.15) is 23.6 Å². The Morgan fingerprint density at radius 2 is 1.09 bits per heavy atom. The van der Waals surface area contributed by atoms with Crippen molar-refractivity contribution >= 4 is 0 Å². The van der Waals surface area contributed by atoms with Crippen molar-refractivity contribution in [1.82, 2.24) is 0 Å². The SMILES string of the molecule is CC(Cc1ccccc1)(c1ccc(O)cc1)c1ccc(O)cc1. The maximum absolute atomic E-state index is 9.59. The summed E-state index contributed by atoms with van der Waals surface area (Å²) in [6, 6.07) is 25.1. The van der Waals surface area contributed by atoms with Crippen molar-refractivity contribution in [2.45, 2.75) is 18.8 Å². The highest BCUT2D eigenvalue weighted by molar-refractivity contribution is 5.44. The maximum atomic E-state index is 9.59. The van der Waals surface area contributed by atoms with E-state index in [1.54, 1.807) is 24.3 Å². The summed E-state index contributed by atoms with van der Waals surface area (Å²) < 4.78 is 0. The van der Waals surface area contributed by atoms with E-state index in [0.29, 0.717) is 0 Å². The number of phenols is 2. The molecule has 0 spiro atoms. The van der Waals surface area contributed by atoms with Crippen LogP contribution in [-0.2, 0) is 11.8 Å². The van der Waals surface area contributed by atoms with Gasteiger partial charge in [0.2, 0.25) is 0 Å². The molecule has 0 atom stereocenters. The largest absolute Gasteiger partial charge is 0.508 e. The van der Waals surface area contributed by atoms with Crippen LogP contribution in [-0.4, -0.2) is 10.2 Å². The Bertz CT molecular complexity index is 714. The van der Waals surface area contributed by atoms with Crippen LogP contribution in [0, 0.1) is 0 Å². The van der Waals surface area contributed by atoms with Crippen molar-refractivity contribution in [2.24, 2.45) is 0 Å². The van der Waals surface area contributed by atoms with E-state index >= 15 is 0 Å². The Balaban J connectivity index is 2.08. The van der Waals surface area contributed by atoms with E-state index in [4.69, 9.17) is 0 Å². The normalized spacial score (nSPS) is 11.3. The van der Waals surface area contributed by atoms with E-state index in [-0.39, 0.29) is 16.9 Å². The summed E-state index contributed by atoms with van der Waals surface area (Å²) >= 11 is 0. The molecule has 3 aromatic carbocycles. The summed E-state index contributed by atoms with van der Waals surface area (Å²) in [5.41, 5.74) is 3.26. The van der Waals surface area contributed by atoms with Crippen molar-refractivity contribution in [1.29, 1.82) is 0 Å². The predicted octanol–water partition coefficient (Wildman–Crippen LogP) is 4.65. The topological polar surface area (TPSA) is 40.5 Å². The van der Waals surface area contributed by atoms with Crippen molar-refractivity contribution in [3.63, 3.8) is 0 Å². The Kier molecular flexibility index (Phi) is 4.07. The van der Waals surface area contributed by atoms with Gasteiger partial charge in [-0.3, -0.25) is 0 Å². The Hall–Kier alpha value is -2.74. The van der Waals surface area contributed by atoms with Crippen molar-refractivity contribution in [2.75, 3.05) is 0 Å². The second-order valence-corrected chi connectivity index (χ2v) is 6.09. The molecule has 3 rings (SSSR count). The van der Waals surface area contributed by atoms with Gasteiger partial charge in [0.05, 0.1) is 0 Å². The molecule has 0 aliphatic carbocycles. The van der Waals surface area contributed by atoms with Crippen LogP contribution < -0.4 is 0 Å². The first-order valence-corrected chi connectivity index (χ1v) is 7.71. The first-order valence-electron chi connectivity index (χ1n) is 7.71. The third kappa shape index (κ3) is 3.21. The van der Waals surface area contributed by atoms with Gasteiger partial charge in [-0.25, -0.2) is 0 Å². The Morgan fingerprint density at radius 3 is 1.52 bits per heavy atom. The Morgan fingerprint density at radius 1 is 0.652 bits per heavy atom. The zero-order valence-electron chi connectivity index (χ0n) is 13.1. The molecule has 0 saturated heterocycles. The third-order valence-corrected chi connectivity index (χ3v) is 4.41. The van der Waals surface area contributed by atoms with Gasteiger partial charge in [-0.2, -0.15) is 0 Å². The highest BCUT2D eigenvalue weighted by Crippen LogP contribution is 2.36. The second kappa shape index (κ2) is 6.17.